The molecule has 0 bridgehead atoms. The van der Waals surface area contributed by atoms with Crippen molar-refractivity contribution in [3.63, 3.8) is 0 Å². The third kappa shape index (κ3) is 5.47. The molecule has 1 aromatic heterocycles. The van der Waals surface area contributed by atoms with E-state index < -0.39 is 0 Å². The molecule has 1 saturated heterocycles. The lowest BCUT2D eigenvalue weighted by Crippen LogP contribution is -2.40. The monoisotopic (exact) mass is 384 g/mol. The Labute approximate surface area is 169 Å². The maximum Gasteiger partial charge on any atom is 0.190 e. The van der Waals surface area contributed by atoms with Crippen molar-refractivity contribution in [2.24, 2.45) is 10.9 Å². The Hall–Kier alpha value is -2.08. The number of hydrogen-bond acceptors (Lipinski definition) is 3. The van der Waals surface area contributed by atoms with Gasteiger partial charge in [-0.1, -0.05) is 19.1 Å². The fourth-order valence-electron chi connectivity index (χ4n) is 4.13. The van der Waals surface area contributed by atoms with Gasteiger partial charge in [0.05, 0.1) is 11.0 Å². The molecule has 0 spiro atoms. The zero-order chi connectivity index (χ0) is 19.8. The van der Waals surface area contributed by atoms with E-state index in [0.29, 0.717) is 0 Å². The zero-order valence-electron chi connectivity index (χ0n) is 17.7. The molecule has 1 aliphatic heterocycles. The predicted octanol–water partition coefficient (Wildman–Crippen LogP) is 3.02. The molecular weight excluding hydrogens is 348 g/mol. The van der Waals surface area contributed by atoms with E-state index in [1.807, 2.05) is 13.1 Å². The van der Waals surface area contributed by atoms with Gasteiger partial charge in [-0.05, 0) is 70.3 Å². The molecule has 2 aromatic rings. The summed E-state index contributed by atoms with van der Waals surface area (Å²) in [5, 5.41) is 6.93. The number of nitrogens with one attached hydrogen (secondary N) is 2. The molecule has 1 fully saturated rings. The number of rotatable bonds is 8. The SMILES string of the molecule is CCN1CCC(CCNC(=NC)NCCCn2c(C)nc3ccccc32)CC1. The van der Waals surface area contributed by atoms with E-state index >= 15 is 0 Å². The topological polar surface area (TPSA) is 57.5 Å². The molecule has 28 heavy (non-hydrogen) atoms. The van der Waals surface area contributed by atoms with Crippen LogP contribution in [0.15, 0.2) is 29.3 Å². The van der Waals surface area contributed by atoms with Gasteiger partial charge in [-0.15, -0.1) is 0 Å². The van der Waals surface area contributed by atoms with E-state index in [2.05, 4.69) is 62.1 Å². The Kier molecular flexibility index (Phi) is 7.71. The first-order valence-electron chi connectivity index (χ1n) is 10.8. The summed E-state index contributed by atoms with van der Waals surface area (Å²) < 4.78 is 2.30. The number of benzene rings is 1. The van der Waals surface area contributed by atoms with Crippen LogP contribution in [-0.2, 0) is 6.54 Å². The van der Waals surface area contributed by atoms with Crippen molar-refractivity contribution in [1.29, 1.82) is 0 Å². The number of para-hydroxylation sites is 2. The van der Waals surface area contributed by atoms with Gasteiger partial charge in [0, 0.05) is 26.7 Å². The van der Waals surface area contributed by atoms with Gasteiger partial charge in [0.1, 0.15) is 5.82 Å². The molecule has 1 aliphatic rings. The summed E-state index contributed by atoms with van der Waals surface area (Å²) in [7, 11) is 1.85. The van der Waals surface area contributed by atoms with Crippen LogP contribution >= 0.6 is 0 Å². The van der Waals surface area contributed by atoms with Gasteiger partial charge in [-0.3, -0.25) is 4.99 Å². The lowest BCUT2D eigenvalue weighted by Gasteiger charge is -2.31. The van der Waals surface area contributed by atoms with Gasteiger partial charge >= 0.3 is 0 Å². The third-order valence-corrected chi connectivity index (χ3v) is 5.92. The molecule has 0 radical (unpaired) electrons. The Morgan fingerprint density at radius 1 is 1.18 bits per heavy atom. The lowest BCUT2D eigenvalue weighted by molar-refractivity contribution is 0.187. The number of guanidine groups is 1. The molecule has 6 nitrogen and oxygen atoms in total. The quantitative estimate of drug-likeness (QED) is 0.417. The molecule has 0 saturated carbocycles. The predicted molar refractivity (Wildman–Crippen MR) is 118 cm³/mol. The highest BCUT2D eigenvalue weighted by Crippen LogP contribution is 2.19. The van der Waals surface area contributed by atoms with Crippen LogP contribution in [0.25, 0.3) is 11.0 Å². The molecule has 0 amide bonds. The highest BCUT2D eigenvalue weighted by Gasteiger charge is 2.17. The van der Waals surface area contributed by atoms with Crippen molar-refractivity contribution in [3.8, 4) is 0 Å². The number of likely N-dealkylation sites (tertiary alicyclic amines) is 1. The van der Waals surface area contributed by atoms with E-state index in [1.165, 1.54) is 44.4 Å². The maximum atomic E-state index is 4.64. The van der Waals surface area contributed by atoms with E-state index in [0.717, 1.165) is 49.3 Å². The van der Waals surface area contributed by atoms with Gasteiger partial charge in [0.25, 0.3) is 0 Å². The van der Waals surface area contributed by atoms with E-state index in [9.17, 15) is 0 Å². The first-order valence-corrected chi connectivity index (χ1v) is 10.8. The minimum atomic E-state index is 0.853. The molecule has 1 aromatic carbocycles. The molecule has 0 atom stereocenters. The summed E-state index contributed by atoms with van der Waals surface area (Å²) >= 11 is 0. The Morgan fingerprint density at radius 2 is 1.93 bits per heavy atom. The molecule has 3 rings (SSSR count). The van der Waals surface area contributed by atoms with Gasteiger partial charge in [0.15, 0.2) is 5.96 Å². The summed E-state index contributed by atoms with van der Waals surface area (Å²) in [5.41, 5.74) is 2.30. The van der Waals surface area contributed by atoms with Gasteiger partial charge in [-0.2, -0.15) is 0 Å². The number of aliphatic imine (C=N–C) groups is 1. The average molecular weight is 385 g/mol. The highest BCUT2D eigenvalue weighted by molar-refractivity contribution is 5.79. The van der Waals surface area contributed by atoms with E-state index in [-0.39, 0.29) is 0 Å². The number of nitrogens with zero attached hydrogens (tertiary/aromatic N) is 4. The summed E-state index contributed by atoms with van der Waals surface area (Å²) in [4.78, 5) is 11.6. The Balaban J connectivity index is 1.35. The van der Waals surface area contributed by atoms with Crippen molar-refractivity contribution >= 4 is 17.0 Å². The fourth-order valence-corrected chi connectivity index (χ4v) is 4.13. The number of aryl methyl sites for hydroxylation is 2. The average Bonchev–Trinajstić information content (AvgIpc) is 3.05. The molecule has 154 valence electrons. The highest BCUT2D eigenvalue weighted by atomic mass is 15.2. The first kappa shape index (κ1) is 20.6. The molecule has 2 N–H and O–H groups in total. The molecule has 2 heterocycles. The summed E-state index contributed by atoms with van der Waals surface area (Å²) in [6.07, 6.45) is 4.94. The molecular formula is C22H36N6. The number of imidazole rings is 1. The largest absolute Gasteiger partial charge is 0.356 e. The van der Waals surface area contributed by atoms with Crippen molar-refractivity contribution < 1.29 is 0 Å². The van der Waals surface area contributed by atoms with Crippen molar-refractivity contribution in [2.45, 2.75) is 46.1 Å². The second kappa shape index (κ2) is 10.5. The second-order valence-electron chi connectivity index (χ2n) is 7.75. The number of hydrogen-bond donors (Lipinski definition) is 2. The van der Waals surface area contributed by atoms with Gasteiger partial charge < -0.3 is 20.1 Å². The van der Waals surface area contributed by atoms with Crippen LogP contribution in [0.2, 0.25) is 0 Å². The van der Waals surface area contributed by atoms with Crippen LogP contribution < -0.4 is 10.6 Å². The van der Waals surface area contributed by atoms with Crippen LogP contribution in [0.1, 0.15) is 38.4 Å². The standard InChI is InChI=1S/C22H36N6/c1-4-27-16-11-19(12-17-27)10-14-25-22(23-3)24-13-7-15-28-18(2)26-20-8-5-6-9-21(20)28/h5-6,8-9,19H,4,7,10-17H2,1-3H3,(H2,23,24,25). The lowest BCUT2D eigenvalue weighted by atomic mass is 9.93. The number of piperidine rings is 1. The van der Waals surface area contributed by atoms with Crippen molar-refractivity contribution in [3.05, 3.63) is 30.1 Å². The fraction of sp³-hybridized carbons (Fsp3) is 0.636. The summed E-state index contributed by atoms with van der Waals surface area (Å²) in [5.74, 6) is 2.85. The smallest absolute Gasteiger partial charge is 0.190 e. The zero-order valence-corrected chi connectivity index (χ0v) is 17.7. The minimum Gasteiger partial charge on any atom is -0.356 e. The first-order chi connectivity index (χ1) is 13.7. The van der Waals surface area contributed by atoms with Crippen LogP contribution in [-0.4, -0.2) is 60.2 Å². The second-order valence-corrected chi connectivity index (χ2v) is 7.75. The van der Waals surface area contributed by atoms with Gasteiger partial charge in [-0.25, -0.2) is 4.98 Å². The van der Waals surface area contributed by atoms with Gasteiger partial charge in [0.2, 0.25) is 0 Å². The number of aromatic nitrogens is 2. The van der Waals surface area contributed by atoms with Crippen LogP contribution in [0.5, 0.6) is 0 Å². The minimum absolute atomic E-state index is 0.853. The van der Waals surface area contributed by atoms with Crippen LogP contribution in [0.4, 0.5) is 0 Å². The third-order valence-electron chi connectivity index (χ3n) is 5.92. The normalized spacial score (nSPS) is 16.6. The molecule has 0 unspecified atom stereocenters. The van der Waals surface area contributed by atoms with Crippen LogP contribution in [0, 0.1) is 12.8 Å². The van der Waals surface area contributed by atoms with Crippen molar-refractivity contribution in [2.75, 3.05) is 39.8 Å². The molecule has 6 heteroatoms. The van der Waals surface area contributed by atoms with Crippen LogP contribution in [0.3, 0.4) is 0 Å². The van der Waals surface area contributed by atoms with E-state index in [1.54, 1.807) is 0 Å². The maximum absolute atomic E-state index is 4.64. The van der Waals surface area contributed by atoms with E-state index in [4.69, 9.17) is 0 Å². The summed E-state index contributed by atoms with van der Waals surface area (Å²) in [6, 6.07) is 8.35. The number of fused-ring (bicyclic) bond motifs is 1. The van der Waals surface area contributed by atoms with Crippen molar-refractivity contribution in [1.82, 2.24) is 25.1 Å². The Bertz CT molecular complexity index is 757. The molecule has 0 aliphatic carbocycles. The Morgan fingerprint density at radius 3 is 2.68 bits per heavy atom. The summed E-state index contributed by atoms with van der Waals surface area (Å²) in [6.45, 7) is 10.9.